The molecule has 0 fully saturated rings. The van der Waals surface area contributed by atoms with Gasteiger partial charge in [0, 0.05) is 10.7 Å². The minimum absolute atomic E-state index is 0.139. The van der Waals surface area contributed by atoms with E-state index in [0.29, 0.717) is 5.11 Å². The molecular formula is C18H21ClN2S. The van der Waals surface area contributed by atoms with Gasteiger partial charge in [-0.2, -0.15) is 0 Å². The Morgan fingerprint density at radius 1 is 1.00 bits per heavy atom. The van der Waals surface area contributed by atoms with E-state index in [2.05, 4.69) is 49.6 Å². The maximum Gasteiger partial charge on any atom is 0.171 e. The number of benzene rings is 2. The minimum atomic E-state index is 0.139. The smallest absolute Gasteiger partial charge is 0.171 e. The van der Waals surface area contributed by atoms with Crippen LogP contribution in [-0.2, 0) is 0 Å². The van der Waals surface area contributed by atoms with Crippen molar-refractivity contribution in [1.82, 2.24) is 5.32 Å². The number of anilines is 1. The van der Waals surface area contributed by atoms with Gasteiger partial charge >= 0.3 is 0 Å². The van der Waals surface area contributed by atoms with Crippen LogP contribution in [0, 0.1) is 20.8 Å². The molecule has 2 aromatic carbocycles. The number of nitrogens with one attached hydrogen (secondary N) is 2. The predicted molar refractivity (Wildman–Crippen MR) is 99.9 cm³/mol. The van der Waals surface area contributed by atoms with Crippen molar-refractivity contribution in [3.05, 3.63) is 63.7 Å². The third-order valence-electron chi connectivity index (χ3n) is 3.81. The normalized spacial score (nSPS) is 11.9. The topological polar surface area (TPSA) is 24.1 Å². The first-order valence-electron chi connectivity index (χ1n) is 7.27. The van der Waals surface area contributed by atoms with Crippen molar-refractivity contribution >= 4 is 34.6 Å². The maximum atomic E-state index is 6.13. The number of halogens is 1. The van der Waals surface area contributed by atoms with Gasteiger partial charge < -0.3 is 10.6 Å². The fourth-order valence-electron chi connectivity index (χ4n) is 2.15. The van der Waals surface area contributed by atoms with E-state index in [1.54, 1.807) is 0 Å². The zero-order valence-corrected chi connectivity index (χ0v) is 14.9. The van der Waals surface area contributed by atoms with Gasteiger partial charge in [-0.25, -0.2) is 0 Å². The number of thiocarbonyl (C=S) groups is 1. The van der Waals surface area contributed by atoms with Gasteiger partial charge in [-0.1, -0.05) is 35.9 Å². The van der Waals surface area contributed by atoms with E-state index in [-0.39, 0.29) is 6.04 Å². The predicted octanol–water partition coefficient (Wildman–Crippen LogP) is 5.31. The van der Waals surface area contributed by atoms with Gasteiger partial charge in [0.1, 0.15) is 0 Å². The average molecular weight is 333 g/mol. The molecule has 22 heavy (non-hydrogen) atoms. The summed E-state index contributed by atoms with van der Waals surface area (Å²) >= 11 is 11.5. The number of aryl methyl sites for hydroxylation is 3. The summed E-state index contributed by atoms with van der Waals surface area (Å²) in [6, 6.07) is 12.4. The molecular weight excluding hydrogens is 312 g/mol. The van der Waals surface area contributed by atoms with Crippen LogP contribution in [0.2, 0.25) is 5.02 Å². The van der Waals surface area contributed by atoms with Gasteiger partial charge in [0.05, 0.1) is 6.04 Å². The first kappa shape index (κ1) is 16.8. The van der Waals surface area contributed by atoms with Gasteiger partial charge in [0.2, 0.25) is 0 Å². The summed E-state index contributed by atoms with van der Waals surface area (Å²) < 4.78 is 0. The Morgan fingerprint density at radius 3 is 2.32 bits per heavy atom. The zero-order valence-electron chi connectivity index (χ0n) is 13.3. The van der Waals surface area contributed by atoms with Crippen molar-refractivity contribution in [2.24, 2.45) is 0 Å². The summed E-state index contributed by atoms with van der Waals surface area (Å²) in [6.45, 7) is 8.31. The largest absolute Gasteiger partial charge is 0.356 e. The lowest BCUT2D eigenvalue weighted by Crippen LogP contribution is -2.30. The van der Waals surface area contributed by atoms with Gasteiger partial charge in [0.25, 0.3) is 0 Å². The average Bonchev–Trinajstić information content (AvgIpc) is 2.45. The van der Waals surface area contributed by atoms with Crippen LogP contribution in [0.15, 0.2) is 36.4 Å². The molecule has 116 valence electrons. The molecule has 0 radical (unpaired) electrons. The number of hydrogen-bond donors (Lipinski definition) is 2. The Morgan fingerprint density at radius 2 is 1.68 bits per heavy atom. The van der Waals surface area contributed by atoms with Gasteiger partial charge in [0.15, 0.2) is 5.11 Å². The minimum Gasteiger partial charge on any atom is -0.356 e. The molecule has 0 bridgehead atoms. The lowest BCUT2D eigenvalue weighted by Gasteiger charge is -2.18. The molecule has 0 aromatic heterocycles. The second kappa shape index (κ2) is 7.12. The fourth-order valence-corrected chi connectivity index (χ4v) is 2.63. The third kappa shape index (κ3) is 4.21. The van der Waals surface area contributed by atoms with E-state index in [1.807, 2.05) is 25.1 Å². The summed E-state index contributed by atoms with van der Waals surface area (Å²) in [5.41, 5.74) is 5.74. The molecule has 2 rings (SSSR count). The summed E-state index contributed by atoms with van der Waals surface area (Å²) in [5, 5.41) is 7.80. The highest BCUT2D eigenvalue weighted by Crippen LogP contribution is 2.20. The lowest BCUT2D eigenvalue weighted by atomic mass is 10.0. The van der Waals surface area contributed by atoms with Crippen LogP contribution in [0.4, 0.5) is 5.69 Å². The Balaban J connectivity index is 2.01. The van der Waals surface area contributed by atoms with E-state index in [4.69, 9.17) is 23.8 Å². The van der Waals surface area contributed by atoms with Crippen molar-refractivity contribution in [2.75, 3.05) is 5.32 Å². The molecule has 0 amide bonds. The SMILES string of the molecule is Cc1ccc(C(C)NC(=S)Nc2ccc(C)c(Cl)c2)cc1C. The molecule has 0 heterocycles. The monoisotopic (exact) mass is 332 g/mol. The van der Waals surface area contributed by atoms with Crippen LogP contribution in [0.1, 0.15) is 35.2 Å². The summed E-state index contributed by atoms with van der Waals surface area (Å²) in [7, 11) is 0. The number of rotatable bonds is 3. The van der Waals surface area contributed by atoms with Gasteiger partial charge in [-0.05, 0) is 74.3 Å². The first-order valence-corrected chi connectivity index (χ1v) is 8.06. The highest BCUT2D eigenvalue weighted by Gasteiger charge is 2.08. The van der Waals surface area contributed by atoms with E-state index < -0.39 is 0 Å². The number of hydrogen-bond acceptors (Lipinski definition) is 1. The Hall–Kier alpha value is -1.58. The van der Waals surface area contributed by atoms with Crippen LogP contribution >= 0.6 is 23.8 Å². The van der Waals surface area contributed by atoms with Crippen LogP contribution in [0.5, 0.6) is 0 Å². The lowest BCUT2D eigenvalue weighted by molar-refractivity contribution is 0.721. The van der Waals surface area contributed by atoms with Gasteiger partial charge in [-0.3, -0.25) is 0 Å². The molecule has 1 atom stereocenters. The molecule has 1 unspecified atom stereocenters. The first-order chi connectivity index (χ1) is 10.4. The second-order valence-electron chi connectivity index (χ2n) is 5.63. The summed E-state index contributed by atoms with van der Waals surface area (Å²) in [6.07, 6.45) is 0. The zero-order chi connectivity index (χ0) is 16.3. The molecule has 2 N–H and O–H groups in total. The molecule has 0 aliphatic carbocycles. The maximum absolute atomic E-state index is 6.13. The molecule has 0 aliphatic heterocycles. The van der Waals surface area contributed by atoms with Crippen molar-refractivity contribution in [3.63, 3.8) is 0 Å². The molecule has 0 saturated carbocycles. The summed E-state index contributed by atoms with van der Waals surface area (Å²) in [4.78, 5) is 0. The van der Waals surface area contributed by atoms with Crippen molar-refractivity contribution in [1.29, 1.82) is 0 Å². The highest BCUT2D eigenvalue weighted by atomic mass is 35.5. The molecule has 2 nitrogen and oxygen atoms in total. The third-order valence-corrected chi connectivity index (χ3v) is 4.44. The Bertz CT molecular complexity index is 697. The molecule has 0 spiro atoms. The standard InChI is InChI=1S/C18H21ClN2S/c1-11-5-7-15(9-13(11)3)14(4)20-18(22)21-16-8-6-12(2)17(19)10-16/h5-10,14H,1-4H3,(H2,20,21,22). The summed E-state index contributed by atoms with van der Waals surface area (Å²) in [5.74, 6) is 0. The van der Waals surface area contributed by atoms with Gasteiger partial charge in [-0.15, -0.1) is 0 Å². The van der Waals surface area contributed by atoms with E-state index in [9.17, 15) is 0 Å². The second-order valence-corrected chi connectivity index (χ2v) is 6.44. The quantitative estimate of drug-likeness (QED) is 0.744. The van der Waals surface area contributed by atoms with Crippen LogP contribution in [-0.4, -0.2) is 5.11 Å². The van der Waals surface area contributed by atoms with Crippen LogP contribution in [0.3, 0.4) is 0 Å². The van der Waals surface area contributed by atoms with Crippen molar-refractivity contribution in [2.45, 2.75) is 33.7 Å². The van der Waals surface area contributed by atoms with Crippen molar-refractivity contribution in [3.8, 4) is 0 Å². The van der Waals surface area contributed by atoms with Crippen LogP contribution in [0.25, 0.3) is 0 Å². The molecule has 0 saturated heterocycles. The Labute approximate surface area is 142 Å². The fraction of sp³-hybridized carbons (Fsp3) is 0.278. The highest BCUT2D eigenvalue weighted by molar-refractivity contribution is 7.80. The Kier molecular flexibility index (Phi) is 5.43. The molecule has 0 aliphatic rings. The van der Waals surface area contributed by atoms with Crippen LogP contribution < -0.4 is 10.6 Å². The van der Waals surface area contributed by atoms with E-state index in [0.717, 1.165) is 16.3 Å². The molecule has 2 aromatic rings. The van der Waals surface area contributed by atoms with Crippen molar-refractivity contribution < 1.29 is 0 Å². The van der Waals surface area contributed by atoms with E-state index >= 15 is 0 Å². The molecule has 4 heteroatoms. The van der Waals surface area contributed by atoms with E-state index in [1.165, 1.54) is 16.7 Å².